The maximum Gasteiger partial charge on any atom is 0.339 e. The predicted molar refractivity (Wildman–Crippen MR) is 86.7 cm³/mol. The van der Waals surface area contributed by atoms with Gasteiger partial charge in [-0.3, -0.25) is 4.79 Å². The number of methoxy groups -OCH3 is 1. The lowest BCUT2D eigenvalue weighted by Crippen LogP contribution is -2.12. The SMILES string of the molecule is COc1ccc(COC(=O)c2cc(=O)[nH]c3ccccc23)cc1. The molecule has 0 atom stereocenters. The van der Waals surface area contributed by atoms with E-state index < -0.39 is 5.97 Å². The zero-order valence-corrected chi connectivity index (χ0v) is 12.5. The fourth-order valence-electron chi connectivity index (χ4n) is 2.32. The minimum absolute atomic E-state index is 0.129. The summed E-state index contributed by atoms with van der Waals surface area (Å²) in [6.07, 6.45) is 0. The molecule has 0 unspecified atom stereocenters. The van der Waals surface area contributed by atoms with E-state index in [0.717, 1.165) is 11.3 Å². The molecule has 0 saturated heterocycles. The van der Waals surface area contributed by atoms with E-state index in [9.17, 15) is 9.59 Å². The minimum atomic E-state index is -0.525. The number of aromatic nitrogens is 1. The highest BCUT2D eigenvalue weighted by Gasteiger charge is 2.13. The van der Waals surface area contributed by atoms with Crippen LogP contribution in [0.25, 0.3) is 10.9 Å². The molecule has 1 aromatic heterocycles. The number of benzene rings is 2. The van der Waals surface area contributed by atoms with Gasteiger partial charge in [-0.2, -0.15) is 0 Å². The molecule has 5 nitrogen and oxygen atoms in total. The molecule has 2 aromatic carbocycles. The standard InChI is InChI=1S/C18H15NO4/c1-22-13-8-6-12(7-9-13)11-23-18(21)15-10-17(20)19-16-5-3-2-4-14(15)16/h2-10H,11H2,1H3,(H,19,20). The average molecular weight is 309 g/mol. The van der Waals surface area contributed by atoms with Gasteiger partial charge in [0.1, 0.15) is 12.4 Å². The third-order valence-corrected chi connectivity index (χ3v) is 3.50. The van der Waals surface area contributed by atoms with E-state index in [1.165, 1.54) is 6.07 Å². The van der Waals surface area contributed by atoms with E-state index in [2.05, 4.69) is 4.98 Å². The van der Waals surface area contributed by atoms with Crippen LogP contribution in [0.15, 0.2) is 59.4 Å². The third-order valence-electron chi connectivity index (χ3n) is 3.50. The first-order valence-electron chi connectivity index (χ1n) is 7.09. The van der Waals surface area contributed by atoms with Gasteiger partial charge in [0.25, 0.3) is 0 Å². The highest BCUT2D eigenvalue weighted by atomic mass is 16.5. The van der Waals surface area contributed by atoms with Crippen LogP contribution in [0.5, 0.6) is 5.75 Å². The van der Waals surface area contributed by atoms with Gasteiger partial charge in [0.2, 0.25) is 5.56 Å². The molecule has 0 aliphatic heterocycles. The van der Waals surface area contributed by atoms with Crippen LogP contribution in [-0.2, 0) is 11.3 Å². The lowest BCUT2D eigenvalue weighted by atomic mass is 10.1. The molecule has 0 bridgehead atoms. The van der Waals surface area contributed by atoms with Gasteiger partial charge in [-0.1, -0.05) is 30.3 Å². The number of rotatable bonds is 4. The van der Waals surface area contributed by atoms with Crippen molar-refractivity contribution in [1.82, 2.24) is 4.98 Å². The summed E-state index contributed by atoms with van der Waals surface area (Å²) in [5.41, 5.74) is 1.38. The Balaban J connectivity index is 1.81. The fourth-order valence-corrected chi connectivity index (χ4v) is 2.32. The zero-order valence-electron chi connectivity index (χ0n) is 12.5. The summed E-state index contributed by atoms with van der Waals surface area (Å²) in [5, 5.41) is 0.659. The monoisotopic (exact) mass is 309 g/mol. The molecule has 23 heavy (non-hydrogen) atoms. The summed E-state index contributed by atoms with van der Waals surface area (Å²) in [6.45, 7) is 0.129. The predicted octanol–water partition coefficient (Wildman–Crippen LogP) is 2.89. The molecule has 0 saturated carbocycles. The molecule has 0 radical (unpaired) electrons. The molecule has 0 amide bonds. The van der Waals surface area contributed by atoms with Gasteiger partial charge in [-0.15, -0.1) is 0 Å². The van der Waals surface area contributed by atoms with E-state index in [0.29, 0.717) is 10.9 Å². The number of ether oxygens (including phenoxy) is 2. The molecule has 0 fully saturated rings. The summed E-state index contributed by atoms with van der Waals surface area (Å²) in [7, 11) is 1.59. The Hall–Kier alpha value is -3.08. The number of carbonyl (C=O) groups excluding carboxylic acids is 1. The first-order valence-corrected chi connectivity index (χ1v) is 7.09. The summed E-state index contributed by atoms with van der Waals surface area (Å²) >= 11 is 0. The van der Waals surface area contributed by atoms with Gasteiger partial charge in [-0.05, 0) is 23.8 Å². The molecule has 5 heteroatoms. The Morgan fingerprint density at radius 3 is 2.57 bits per heavy atom. The van der Waals surface area contributed by atoms with Crippen molar-refractivity contribution in [3.8, 4) is 5.75 Å². The second kappa shape index (κ2) is 6.36. The molecule has 0 aliphatic carbocycles. The Bertz CT molecular complexity index is 897. The lowest BCUT2D eigenvalue weighted by molar-refractivity contribution is 0.0475. The number of hydrogen-bond donors (Lipinski definition) is 1. The van der Waals surface area contributed by atoms with Crippen LogP contribution in [0, 0.1) is 0 Å². The van der Waals surface area contributed by atoms with E-state index >= 15 is 0 Å². The van der Waals surface area contributed by atoms with Crippen LogP contribution in [0.3, 0.4) is 0 Å². The highest BCUT2D eigenvalue weighted by Crippen LogP contribution is 2.17. The number of para-hydroxylation sites is 1. The average Bonchev–Trinajstić information content (AvgIpc) is 2.59. The smallest absolute Gasteiger partial charge is 0.339 e. The second-order valence-corrected chi connectivity index (χ2v) is 5.02. The van der Waals surface area contributed by atoms with E-state index in [-0.39, 0.29) is 17.7 Å². The quantitative estimate of drug-likeness (QED) is 0.752. The van der Waals surface area contributed by atoms with E-state index in [1.807, 2.05) is 12.1 Å². The molecule has 1 N–H and O–H groups in total. The number of carbonyl (C=O) groups is 1. The Morgan fingerprint density at radius 1 is 1.09 bits per heavy atom. The van der Waals surface area contributed by atoms with Gasteiger partial charge >= 0.3 is 5.97 Å². The molecular weight excluding hydrogens is 294 g/mol. The van der Waals surface area contributed by atoms with Crippen molar-refractivity contribution in [2.45, 2.75) is 6.61 Å². The van der Waals surface area contributed by atoms with E-state index in [4.69, 9.17) is 9.47 Å². The Kier molecular flexibility index (Phi) is 4.10. The van der Waals surface area contributed by atoms with Crippen molar-refractivity contribution >= 4 is 16.9 Å². The maximum absolute atomic E-state index is 12.3. The van der Waals surface area contributed by atoms with Crippen molar-refractivity contribution in [2.24, 2.45) is 0 Å². The third kappa shape index (κ3) is 3.23. The summed E-state index contributed by atoms with van der Waals surface area (Å²) in [6, 6.07) is 15.6. The van der Waals surface area contributed by atoms with Crippen LogP contribution in [0.2, 0.25) is 0 Å². The molecule has 116 valence electrons. The number of nitrogens with one attached hydrogen (secondary N) is 1. The summed E-state index contributed by atoms with van der Waals surface area (Å²) in [5.74, 6) is 0.212. The topological polar surface area (TPSA) is 68.4 Å². The van der Waals surface area contributed by atoms with Gasteiger partial charge in [0.15, 0.2) is 0 Å². The maximum atomic E-state index is 12.3. The first-order chi connectivity index (χ1) is 11.2. The van der Waals surface area contributed by atoms with Crippen molar-refractivity contribution in [3.05, 3.63) is 76.1 Å². The van der Waals surface area contributed by atoms with Crippen molar-refractivity contribution in [1.29, 1.82) is 0 Å². The van der Waals surface area contributed by atoms with Crippen LogP contribution in [0.1, 0.15) is 15.9 Å². The fraction of sp³-hybridized carbons (Fsp3) is 0.111. The zero-order chi connectivity index (χ0) is 16.2. The van der Waals surface area contributed by atoms with E-state index in [1.54, 1.807) is 43.5 Å². The Labute approximate surface area is 132 Å². The van der Waals surface area contributed by atoms with Crippen LogP contribution in [-0.4, -0.2) is 18.1 Å². The number of H-pyrrole nitrogens is 1. The summed E-state index contributed by atoms with van der Waals surface area (Å²) in [4.78, 5) is 26.7. The molecule has 0 aliphatic rings. The van der Waals surface area contributed by atoms with Crippen molar-refractivity contribution in [3.63, 3.8) is 0 Å². The van der Waals surface area contributed by atoms with Gasteiger partial charge in [0.05, 0.1) is 12.7 Å². The van der Waals surface area contributed by atoms with Gasteiger partial charge in [0, 0.05) is 17.0 Å². The number of hydrogen-bond acceptors (Lipinski definition) is 4. The van der Waals surface area contributed by atoms with Crippen molar-refractivity contribution in [2.75, 3.05) is 7.11 Å². The van der Waals surface area contributed by atoms with Gasteiger partial charge in [-0.25, -0.2) is 4.79 Å². The number of aromatic amines is 1. The van der Waals surface area contributed by atoms with Crippen LogP contribution >= 0.6 is 0 Å². The minimum Gasteiger partial charge on any atom is -0.497 e. The highest BCUT2D eigenvalue weighted by molar-refractivity contribution is 6.03. The van der Waals surface area contributed by atoms with Crippen molar-refractivity contribution < 1.29 is 14.3 Å². The molecule has 3 rings (SSSR count). The second-order valence-electron chi connectivity index (χ2n) is 5.02. The number of pyridine rings is 1. The number of esters is 1. The Morgan fingerprint density at radius 2 is 1.83 bits per heavy atom. The molecule has 1 heterocycles. The van der Waals surface area contributed by atoms with Crippen LogP contribution < -0.4 is 10.3 Å². The van der Waals surface area contributed by atoms with Gasteiger partial charge < -0.3 is 14.5 Å². The molecule has 3 aromatic rings. The molecular formula is C18H15NO4. The lowest BCUT2D eigenvalue weighted by Gasteiger charge is -2.08. The normalized spacial score (nSPS) is 10.5. The summed E-state index contributed by atoms with van der Waals surface area (Å²) < 4.78 is 10.4. The largest absolute Gasteiger partial charge is 0.497 e. The first kappa shape index (κ1) is 14.8. The molecule has 0 spiro atoms. The van der Waals surface area contributed by atoms with Crippen LogP contribution in [0.4, 0.5) is 0 Å². The number of fused-ring (bicyclic) bond motifs is 1.